The Labute approximate surface area is 172 Å². The number of nitrogens with zero attached hydrogens (tertiary/aromatic N) is 3. The second-order valence-corrected chi connectivity index (χ2v) is 7.31. The van der Waals surface area contributed by atoms with Gasteiger partial charge in [-0.2, -0.15) is 18.3 Å². The van der Waals surface area contributed by atoms with Crippen LogP contribution in [0.3, 0.4) is 0 Å². The van der Waals surface area contributed by atoms with Gasteiger partial charge in [0, 0.05) is 32.4 Å². The summed E-state index contributed by atoms with van der Waals surface area (Å²) in [7, 11) is 1.80. The van der Waals surface area contributed by atoms with Gasteiger partial charge >= 0.3 is 6.18 Å². The van der Waals surface area contributed by atoms with Gasteiger partial charge in [-0.05, 0) is 24.6 Å². The molecular formula is C20H24F3N5O2. The largest absolute Gasteiger partial charge is 0.416 e. The highest BCUT2D eigenvalue weighted by atomic mass is 19.4. The van der Waals surface area contributed by atoms with Crippen molar-refractivity contribution >= 4 is 11.8 Å². The fraction of sp³-hybridized carbons (Fsp3) is 0.450. The van der Waals surface area contributed by atoms with Gasteiger partial charge in [-0.1, -0.05) is 18.2 Å². The van der Waals surface area contributed by atoms with E-state index < -0.39 is 17.8 Å². The summed E-state index contributed by atoms with van der Waals surface area (Å²) < 4.78 is 41.6. The Morgan fingerprint density at radius 1 is 1.33 bits per heavy atom. The quantitative estimate of drug-likeness (QED) is 0.742. The monoisotopic (exact) mass is 423 g/mol. The lowest BCUT2D eigenvalue weighted by Crippen LogP contribution is -2.56. The van der Waals surface area contributed by atoms with Crippen LogP contribution in [0.2, 0.25) is 0 Å². The Bertz CT molecular complexity index is 906. The lowest BCUT2D eigenvalue weighted by atomic mass is 10.0. The average Bonchev–Trinajstić information content (AvgIpc) is 3.00. The average molecular weight is 423 g/mol. The zero-order valence-electron chi connectivity index (χ0n) is 16.8. The number of carbonyl (C=O) groups excluding carboxylic acids is 2. The molecule has 1 atom stereocenters. The van der Waals surface area contributed by atoms with Crippen molar-refractivity contribution in [2.24, 2.45) is 7.05 Å². The molecule has 0 aliphatic carbocycles. The molecule has 1 aromatic carbocycles. The number of aromatic nitrogens is 2. The highest BCUT2D eigenvalue weighted by Crippen LogP contribution is 2.32. The van der Waals surface area contributed by atoms with E-state index in [0.29, 0.717) is 18.8 Å². The Hall–Kier alpha value is -2.88. The minimum Gasteiger partial charge on any atom is -0.353 e. The third-order valence-electron chi connectivity index (χ3n) is 5.15. The molecule has 1 aliphatic heterocycles. The third kappa shape index (κ3) is 5.18. The molecule has 0 spiro atoms. The first-order valence-electron chi connectivity index (χ1n) is 9.58. The van der Waals surface area contributed by atoms with Gasteiger partial charge in [0.1, 0.15) is 0 Å². The highest BCUT2D eigenvalue weighted by Gasteiger charge is 2.36. The summed E-state index contributed by atoms with van der Waals surface area (Å²) in [6.45, 7) is 2.71. The number of carbonyl (C=O) groups is 2. The van der Waals surface area contributed by atoms with E-state index in [-0.39, 0.29) is 36.9 Å². The van der Waals surface area contributed by atoms with Crippen LogP contribution in [-0.4, -0.2) is 45.6 Å². The predicted molar refractivity (Wildman–Crippen MR) is 103 cm³/mol. The normalized spacial score (nSPS) is 17.6. The van der Waals surface area contributed by atoms with Crippen LogP contribution in [0.1, 0.15) is 28.9 Å². The van der Waals surface area contributed by atoms with E-state index >= 15 is 0 Å². The minimum atomic E-state index is -4.48. The van der Waals surface area contributed by atoms with E-state index in [1.165, 1.54) is 18.2 Å². The number of piperazine rings is 1. The number of halogens is 3. The Kier molecular flexibility index (Phi) is 6.45. The molecule has 10 heteroatoms. The third-order valence-corrected chi connectivity index (χ3v) is 5.15. The maximum absolute atomic E-state index is 13.3. The number of nitrogens with one attached hydrogen (secondary N) is 2. The molecule has 1 aliphatic rings. The molecule has 1 fully saturated rings. The highest BCUT2D eigenvalue weighted by molar-refractivity contribution is 5.88. The van der Waals surface area contributed by atoms with Crippen molar-refractivity contribution in [3.8, 4) is 0 Å². The van der Waals surface area contributed by atoms with E-state index in [1.54, 1.807) is 16.6 Å². The fourth-order valence-corrected chi connectivity index (χ4v) is 3.49. The second kappa shape index (κ2) is 8.86. The molecule has 1 saturated heterocycles. The van der Waals surface area contributed by atoms with E-state index in [1.807, 2.05) is 13.0 Å². The topological polar surface area (TPSA) is 79.3 Å². The first kappa shape index (κ1) is 21.8. The zero-order chi connectivity index (χ0) is 21.9. The number of hydrogen-bond donors (Lipinski definition) is 2. The predicted octanol–water partition coefficient (Wildman–Crippen LogP) is 1.75. The molecule has 1 aromatic heterocycles. The van der Waals surface area contributed by atoms with Crippen LogP contribution < -0.4 is 10.6 Å². The number of amides is 2. The van der Waals surface area contributed by atoms with E-state index in [0.717, 1.165) is 11.8 Å². The molecule has 3 rings (SSSR count). The van der Waals surface area contributed by atoms with Gasteiger partial charge in [0.2, 0.25) is 11.8 Å². The van der Waals surface area contributed by atoms with Gasteiger partial charge in [0.25, 0.3) is 0 Å². The SMILES string of the molecule is Cc1cc(CNC(=O)C[C@@H]2C(=O)NCCN2Cc2ccccc2C(F)(F)F)nn1C. The van der Waals surface area contributed by atoms with E-state index in [2.05, 4.69) is 15.7 Å². The van der Waals surface area contributed by atoms with Crippen LogP contribution in [-0.2, 0) is 35.9 Å². The fourth-order valence-electron chi connectivity index (χ4n) is 3.49. The molecule has 0 radical (unpaired) electrons. The van der Waals surface area contributed by atoms with Crippen molar-refractivity contribution in [2.75, 3.05) is 13.1 Å². The summed E-state index contributed by atoms with van der Waals surface area (Å²) >= 11 is 0. The maximum atomic E-state index is 13.3. The first-order chi connectivity index (χ1) is 14.1. The van der Waals surface area contributed by atoms with Crippen LogP contribution in [0, 0.1) is 6.92 Å². The second-order valence-electron chi connectivity index (χ2n) is 7.31. The molecule has 2 amide bonds. The van der Waals surface area contributed by atoms with Crippen molar-refractivity contribution in [3.05, 3.63) is 52.8 Å². The summed E-state index contributed by atoms with van der Waals surface area (Å²) in [4.78, 5) is 26.4. The standard InChI is InChI=1S/C20H24F3N5O2/c1-13-9-15(26-27(13)2)11-25-18(29)10-17-19(30)24-7-8-28(17)12-14-5-3-4-6-16(14)20(21,22)23/h3-6,9,17H,7-8,10-12H2,1-2H3,(H,24,30)(H,25,29)/t17-/m1/s1. The molecule has 0 saturated carbocycles. The van der Waals surface area contributed by atoms with Crippen LogP contribution in [0.25, 0.3) is 0 Å². The number of aryl methyl sites for hydroxylation is 2. The van der Waals surface area contributed by atoms with Crippen molar-refractivity contribution in [1.29, 1.82) is 0 Å². The summed E-state index contributed by atoms with van der Waals surface area (Å²) in [5.74, 6) is -0.732. The maximum Gasteiger partial charge on any atom is 0.416 e. The molecular weight excluding hydrogens is 399 g/mol. The van der Waals surface area contributed by atoms with E-state index in [9.17, 15) is 22.8 Å². The zero-order valence-corrected chi connectivity index (χ0v) is 16.8. The van der Waals surface area contributed by atoms with Gasteiger partial charge in [-0.3, -0.25) is 19.2 Å². The molecule has 162 valence electrons. The Morgan fingerprint density at radius 2 is 2.07 bits per heavy atom. The molecule has 2 N–H and O–H groups in total. The van der Waals surface area contributed by atoms with Crippen molar-refractivity contribution in [1.82, 2.24) is 25.3 Å². The number of benzene rings is 1. The molecule has 2 aromatic rings. The van der Waals surface area contributed by atoms with Gasteiger partial charge < -0.3 is 10.6 Å². The van der Waals surface area contributed by atoms with Gasteiger partial charge in [0.15, 0.2) is 0 Å². The molecule has 2 heterocycles. The van der Waals surface area contributed by atoms with Crippen molar-refractivity contribution < 1.29 is 22.8 Å². The van der Waals surface area contributed by atoms with Crippen LogP contribution in [0.5, 0.6) is 0 Å². The van der Waals surface area contributed by atoms with E-state index in [4.69, 9.17) is 0 Å². The number of alkyl halides is 3. The van der Waals surface area contributed by atoms with Gasteiger partial charge in [0.05, 0.1) is 30.3 Å². The van der Waals surface area contributed by atoms with Crippen LogP contribution >= 0.6 is 0 Å². The summed E-state index contributed by atoms with van der Waals surface area (Å²) in [5, 5.41) is 9.66. The molecule has 7 nitrogen and oxygen atoms in total. The van der Waals surface area contributed by atoms with Crippen LogP contribution in [0.15, 0.2) is 30.3 Å². The molecule has 0 unspecified atom stereocenters. The minimum absolute atomic E-state index is 0.0690. The summed E-state index contributed by atoms with van der Waals surface area (Å²) in [6.07, 6.45) is -4.63. The number of rotatable bonds is 6. The summed E-state index contributed by atoms with van der Waals surface area (Å²) in [6, 6.07) is 6.29. The van der Waals surface area contributed by atoms with Gasteiger partial charge in [-0.15, -0.1) is 0 Å². The number of hydrogen-bond acceptors (Lipinski definition) is 4. The van der Waals surface area contributed by atoms with Crippen molar-refractivity contribution in [3.63, 3.8) is 0 Å². The van der Waals surface area contributed by atoms with Crippen LogP contribution in [0.4, 0.5) is 13.2 Å². The lowest BCUT2D eigenvalue weighted by Gasteiger charge is -2.35. The van der Waals surface area contributed by atoms with Gasteiger partial charge in [-0.25, -0.2) is 0 Å². The Morgan fingerprint density at radius 3 is 2.73 bits per heavy atom. The first-order valence-corrected chi connectivity index (χ1v) is 9.58. The Balaban J connectivity index is 1.68. The smallest absolute Gasteiger partial charge is 0.353 e. The molecule has 30 heavy (non-hydrogen) atoms. The van der Waals surface area contributed by atoms with Crippen molar-refractivity contribution in [2.45, 2.75) is 38.7 Å². The molecule has 0 bridgehead atoms. The lowest BCUT2D eigenvalue weighted by molar-refractivity contribution is -0.139. The summed E-state index contributed by atoms with van der Waals surface area (Å²) in [5.41, 5.74) is 0.978.